The van der Waals surface area contributed by atoms with Gasteiger partial charge in [-0.3, -0.25) is 0 Å². The van der Waals surface area contributed by atoms with Crippen molar-refractivity contribution in [1.82, 2.24) is 4.90 Å². The number of methoxy groups -OCH3 is 1. The lowest BCUT2D eigenvalue weighted by Gasteiger charge is -2.22. The van der Waals surface area contributed by atoms with E-state index in [1.54, 1.807) is 31.4 Å². The molecule has 1 atom stereocenters. The Morgan fingerprint density at radius 3 is 2.03 bits per heavy atom. The Hall–Kier alpha value is -3.82. The Morgan fingerprint density at radius 1 is 0.946 bits per heavy atom. The SMILES string of the molecule is COc1cccc(C2CCN(CCOC(c3ccc(F)cc3)c3ccc(F)cc3)C2)c1.O=C(O)C(=O)O. The number of aliphatic carboxylic acids is 2. The van der Waals surface area contributed by atoms with Crippen LogP contribution in [0.15, 0.2) is 72.8 Å². The predicted octanol–water partition coefficient (Wildman–Crippen LogP) is 4.72. The Kier molecular flexibility index (Phi) is 10.1. The van der Waals surface area contributed by atoms with E-state index in [1.807, 2.05) is 12.1 Å². The number of carboxylic acids is 2. The molecule has 0 spiro atoms. The quantitative estimate of drug-likeness (QED) is 0.421. The number of benzene rings is 3. The summed E-state index contributed by atoms with van der Waals surface area (Å²) < 4.78 is 38.3. The molecule has 1 saturated heterocycles. The standard InChI is InChI=1S/C26H27F2NO2.C2H2O4/c1-30-25-4-2-3-21(17-25)22-13-14-29(18-22)15-16-31-26(19-5-9-23(27)10-6-19)20-7-11-24(28)12-8-20;3-1(4)2(5)6/h2-12,17,22,26H,13-16,18H2,1H3;(H,3,4)(H,5,6). The lowest BCUT2D eigenvalue weighted by Crippen LogP contribution is -2.26. The number of carbonyl (C=O) groups is 2. The Labute approximate surface area is 213 Å². The van der Waals surface area contributed by atoms with Crippen LogP contribution in [0.1, 0.15) is 35.1 Å². The first-order valence-corrected chi connectivity index (χ1v) is 11.7. The van der Waals surface area contributed by atoms with Gasteiger partial charge in [0, 0.05) is 13.1 Å². The number of likely N-dealkylation sites (tertiary alicyclic amines) is 1. The zero-order chi connectivity index (χ0) is 26.8. The van der Waals surface area contributed by atoms with Crippen LogP contribution in [-0.2, 0) is 14.3 Å². The van der Waals surface area contributed by atoms with E-state index in [4.69, 9.17) is 29.3 Å². The topological polar surface area (TPSA) is 96.3 Å². The van der Waals surface area contributed by atoms with E-state index in [9.17, 15) is 8.78 Å². The lowest BCUT2D eigenvalue weighted by atomic mass is 9.98. The third-order valence-electron chi connectivity index (χ3n) is 6.06. The van der Waals surface area contributed by atoms with Crippen molar-refractivity contribution in [3.8, 4) is 5.75 Å². The Balaban J connectivity index is 0.000000568. The summed E-state index contributed by atoms with van der Waals surface area (Å²) in [5.41, 5.74) is 3.01. The number of carboxylic acid groups (broad SMARTS) is 2. The highest BCUT2D eigenvalue weighted by Gasteiger charge is 2.24. The summed E-state index contributed by atoms with van der Waals surface area (Å²) in [6, 6.07) is 20.9. The van der Waals surface area contributed by atoms with E-state index >= 15 is 0 Å². The van der Waals surface area contributed by atoms with Crippen LogP contribution < -0.4 is 4.74 Å². The van der Waals surface area contributed by atoms with Crippen molar-refractivity contribution in [2.45, 2.75) is 18.4 Å². The van der Waals surface area contributed by atoms with Crippen molar-refractivity contribution in [3.63, 3.8) is 0 Å². The van der Waals surface area contributed by atoms with Crippen molar-refractivity contribution in [1.29, 1.82) is 0 Å². The van der Waals surface area contributed by atoms with Gasteiger partial charge in [-0.05, 0) is 72.0 Å². The van der Waals surface area contributed by atoms with Crippen molar-refractivity contribution in [3.05, 3.63) is 101 Å². The molecule has 0 bridgehead atoms. The average Bonchev–Trinajstić information content (AvgIpc) is 3.37. The molecule has 196 valence electrons. The number of ether oxygens (including phenoxy) is 2. The third kappa shape index (κ3) is 8.37. The molecule has 1 fully saturated rings. The molecule has 0 amide bonds. The zero-order valence-electron chi connectivity index (χ0n) is 20.3. The largest absolute Gasteiger partial charge is 0.497 e. The molecule has 4 rings (SSSR count). The Bertz CT molecular complexity index is 1110. The fraction of sp³-hybridized carbons (Fsp3) is 0.286. The first-order valence-electron chi connectivity index (χ1n) is 11.7. The van der Waals surface area contributed by atoms with Crippen molar-refractivity contribution >= 4 is 11.9 Å². The van der Waals surface area contributed by atoms with E-state index in [-0.39, 0.29) is 17.7 Å². The fourth-order valence-corrected chi connectivity index (χ4v) is 4.16. The highest BCUT2D eigenvalue weighted by Crippen LogP contribution is 2.30. The van der Waals surface area contributed by atoms with Gasteiger partial charge in [0.15, 0.2) is 0 Å². The molecule has 0 saturated carbocycles. The first kappa shape index (κ1) is 27.8. The molecule has 9 heteroatoms. The van der Waals surface area contributed by atoms with Crippen LogP contribution in [-0.4, -0.2) is 60.4 Å². The van der Waals surface area contributed by atoms with E-state index in [2.05, 4.69) is 17.0 Å². The van der Waals surface area contributed by atoms with Gasteiger partial charge in [0.05, 0.1) is 13.7 Å². The smallest absolute Gasteiger partial charge is 0.414 e. The van der Waals surface area contributed by atoms with Gasteiger partial charge in [-0.25, -0.2) is 18.4 Å². The van der Waals surface area contributed by atoms with Gasteiger partial charge < -0.3 is 24.6 Å². The highest BCUT2D eigenvalue weighted by molar-refractivity contribution is 6.27. The summed E-state index contributed by atoms with van der Waals surface area (Å²) in [5, 5.41) is 14.8. The van der Waals surface area contributed by atoms with Gasteiger partial charge in [0.25, 0.3) is 0 Å². The Morgan fingerprint density at radius 2 is 1.51 bits per heavy atom. The molecule has 3 aromatic rings. The number of halogens is 2. The molecule has 37 heavy (non-hydrogen) atoms. The summed E-state index contributed by atoms with van der Waals surface area (Å²) in [4.78, 5) is 20.6. The van der Waals surface area contributed by atoms with E-state index < -0.39 is 11.9 Å². The van der Waals surface area contributed by atoms with Crippen LogP contribution in [0, 0.1) is 11.6 Å². The molecule has 1 aliphatic rings. The van der Waals surface area contributed by atoms with Crippen LogP contribution in [0.25, 0.3) is 0 Å². The molecule has 2 N–H and O–H groups in total. The van der Waals surface area contributed by atoms with Gasteiger partial charge in [0.1, 0.15) is 23.5 Å². The molecule has 0 aliphatic carbocycles. The van der Waals surface area contributed by atoms with Gasteiger partial charge >= 0.3 is 11.9 Å². The average molecular weight is 514 g/mol. The minimum absolute atomic E-state index is 0.290. The van der Waals surface area contributed by atoms with Crippen LogP contribution in [0.4, 0.5) is 8.78 Å². The molecule has 1 unspecified atom stereocenters. The summed E-state index contributed by atoms with van der Waals surface area (Å²) in [5.74, 6) is -2.85. The minimum atomic E-state index is -1.82. The van der Waals surface area contributed by atoms with Crippen LogP contribution in [0.2, 0.25) is 0 Å². The number of rotatable bonds is 8. The van der Waals surface area contributed by atoms with Gasteiger partial charge in [0.2, 0.25) is 0 Å². The van der Waals surface area contributed by atoms with Crippen molar-refractivity contribution in [2.75, 3.05) is 33.4 Å². The minimum Gasteiger partial charge on any atom is -0.497 e. The fourth-order valence-electron chi connectivity index (χ4n) is 4.16. The molecule has 1 heterocycles. The summed E-state index contributed by atoms with van der Waals surface area (Å²) in [7, 11) is 1.69. The number of hydrogen-bond donors (Lipinski definition) is 2. The molecule has 0 radical (unpaired) electrons. The predicted molar refractivity (Wildman–Crippen MR) is 133 cm³/mol. The van der Waals surface area contributed by atoms with Gasteiger partial charge in [-0.2, -0.15) is 0 Å². The molecular weight excluding hydrogens is 484 g/mol. The number of nitrogens with zero attached hydrogens (tertiary/aromatic N) is 1. The van der Waals surface area contributed by atoms with E-state index in [0.717, 1.165) is 42.9 Å². The molecular formula is C28H29F2NO6. The van der Waals surface area contributed by atoms with Crippen LogP contribution in [0.5, 0.6) is 5.75 Å². The van der Waals surface area contributed by atoms with Crippen LogP contribution in [0.3, 0.4) is 0 Å². The summed E-state index contributed by atoms with van der Waals surface area (Å²) in [6.07, 6.45) is 0.741. The second-order valence-electron chi connectivity index (χ2n) is 8.53. The lowest BCUT2D eigenvalue weighted by molar-refractivity contribution is -0.159. The molecule has 0 aromatic heterocycles. The second-order valence-corrected chi connectivity index (χ2v) is 8.53. The van der Waals surface area contributed by atoms with Crippen LogP contribution >= 0.6 is 0 Å². The number of hydrogen-bond acceptors (Lipinski definition) is 5. The molecule has 1 aliphatic heterocycles. The second kappa shape index (κ2) is 13.5. The molecule has 3 aromatic carbocycles. The first-order chi connectivity index (χ1) is 17.8. The van der Waals surface area contributed by atoms with E-state index in [0.29, 0.717) is 12.5 Å². The van der Waals surface area contributed by atoms with E-state index in [1.165, 1.54) is 29.8 Å². The normalized spacial score (nSPS) is 15.2. The van der Waals surface area contributed by atoms with Crippen molar-refractivity contribution < 1.29 is 38.1 Å². The zero-order valence-corrected chi connectivity index (χ0v) is 20.3. The summed E-state index contributed by atoms with van der Waals surface area (Å²) >= 11 is 0. The van der Waals surface area contributed by atoms with Gasteiger partial charge in [-0.15, -0.1) is 0 Å². The maximum absolute atomic E-state index is 13.4. The van der Waals surface area contributed by atoms with Crippen molar-refractivity contribution in [2.24, 2.45) is 0 Å². The van der Waals surface area contributed by atoms with Gasteiger partial charge in [-0.1, -0.05) is 36.4 Å². The summed E-state index contributed by atoms with van der Waals surface area (Å²) in [6.45, 7) is 3.33. The maximum Gasteiger partial charge on any atom is 0.414 e. The monoisotopic (exact) mass is 513 g/mol. The maximum atomic E-state index is 13.4. The molecule has 7 nitrogen and oxygen atoms in total. The third-order valence-corrected chi connectivity index (χ3v) is 6.06. The highest BCUT2D eigenvalue weighted by atomic mass is 19.1.